The van der Waals surface area contributed by atoms with Crippen LogP contribution >= 0.6 is 23.4 Å². The summed E-state index contributed by atoms with van der Waals surface area (Å²) in [7, 11) is 0. The van der Waals surface area contributed by atoms with Gasteiger partial charge in [-0.1, -0.05) is 16.8 Å². The molecule has 0 radical (unpaired) electrons. The summed E-state index contributed by atoms with van der Waals surface area (Å²) in [6.07, 6.45) is 0. The standard InChI is InChI=1S/C7H5Cl2N3/c8-6-1-2-7-5(3-6)4-12(9)11-10-7/h1-3H,4H2. The molecule has 5 heteroatoms. The van der Waals surface area contributed by atoms with E-state index in [1.165, 1.54) is 4.53 Å². The Labute approximate surface area is 79.7 Å². The van der Waals surface area contributed by atoms with Crippen LogP contribution in [0.4, 0.5) is 5.69 Å². The number of rotatable bonds is 0. The second-order valence-electron chi connectivity index (χ2n) is 2.46. The molecular weight excluding hydrogens is 197 g/mol. The number of benzene rings is 1. The van der Waals surface area contributed by atoms with Crippen LogP contribution in [-0.4, -0.2) is 4.53 Å². The van der Waals surface area contributed by atoms with E-state index < -0.39 is 0 Å². The molecular formula is C7H5Cl2N3. The van der Waals surface area contributed by atoms with Crippen molar-refractivity contribution >= 4 is 29.1 Å². The number of fused-ring (bicyclic) bond motifs is 1. The number of nitrogens with zero attached hydrogens (tertiary/aromatic N) is 3. The highest BCUT2D eigenvalue weighted by Gasteiger charge is 2.11. The zero-order chi connectivity index (χ0) is 8.55. The Morgan fingerprint density at radius 2 is 2.25 bits per heavy atom. The van der Waals surface area contributed by atoms with Crippen LogP contribution in [0.3, 0.4) is 0 Å². The van der Waals surface area contributed by atoms with Gasteiger partial charge in [0.2, 0.25) is 0 Å². The third kappa shape index (κ3) is 1.38. The van der Waals surface area contributed by atoms with Gasteiger partial charge in [0, 0.05) is 22.4 Å². The predicted molar refractivity (Wildman–Crippen MR) is 47.4 cm³/mol. The lowest BCUT2D eigenvalue weighted by molar-refractivity contribution is 0.436. The first-order valence-corrected chi connectivity index (χ1v) is 4.11. The molecule has 1 aromatic carbocycles. The Morgan fingerprint density at radius 1 is 1.42 bits per heavy atom. The maximum atomic E-state index is 5.79. The van der Waals surface area contributed by atoms with Crippen LogP contribution in [0.2, 0.25) is 5.02 Å². The van der Waals surface area contributed by atoms with Gasteiger partial charge in [-0.2, -0.15) is 4.53 Å². The van der Waals surface area contributed by atoms with Gasteiger partial charge >= 0.3 is 0 Å². The summed E-state index contributed by atoms with van der Waals surface area (Å²) in [4.78, 5) is 0. The van der Waals surface area contributed by atoms with Gasteiger partial charge in [0.15, 0.2) is 0 Å². The van der Waals surface area contributed by atoms with E-state index in [4.69, 9.17) is 23.4 Å². The maximum Gasteiger partial charge on any atom is 0.0926 e. The largest absolute Gasteiger partial charge is 0.182 e. The number of hydrogen-bond donors (Lipinski definition) is 0. The summed E-state index contributed by atoms with van der Waals surface area (Å²) in [6, 6.07) is 5.44. The molecule has 0 unspecified atom stereocenters. The summed E-state index contributed by atoms with van der Waals surface area (Å²) >= 11 is 11.4. The summed E-state index contributed by atoms with van der Waals surface area (Å²) in [5.41, 5.74) is 1.82. The van der Waals surface area contributed by atoms with Gasteiger partial charge in [-0.25, -0.2) is 0 Å². The molecule has 0 saturated heterocycles. The van der Waals surface area contributed by atoms with Gasteiger partial charge in [-0.05, 0) is 18.2 Å². The fourth-order valence-electron chi connectivity index (χ4n) is 1.05. The fraction of sp³-hybridized carbons (Fsp3) is 0.143. The van der Waals surface area contributed by atoms with Crippen LogP contribution in [0, 0.1) is 0 Å². The molecule has 0 amide bonds. The van der Waals surface area contributed by atoms with Crippen LogP contribution < -0.4 is 0 Å². The summed E-state index contributed by atoms with van der Waals surface area (Å²) in [5, 5.41) is 8.25. The van der Waals surface area contributed by atoms with Crippen LogP contribution in [-0.2, 0) is 6.54 Å². The highest BCUT2D eigenvalue weighted by atomic mass is 35.5. The third-order valence-electron chi connectivity index (χ3n) is 1.59. The Kier molecular flexibility index (Phi) is 1.90. The monoisotopic (exact) mass is 201 g/mol. The lowest BCUT2D eigenvalue weighted by Crippen LogP contribution is -2.06. The summed E-state index contributed by atoms with van der Waals surface area (Å²) < 4.78 is 1.25. The van der Waals surface area contributed by atoms with Crippen molar-refractivity contribution in [3.8, 4) is 0 Å². The third-order valence-corrected chi connectivity index (χ3v) is 2.01. The average Bonchev–Trinajstić information content (AvgIpc) is 2.03. The molecule has 1 aliphatic rings. The lowest BCUT2D eigenvalue weighted by atomic mass is 10.2. The first-order chi connectivity index (χ1) is 5.75. The minimum atomic E-state index is 0.543. The molecule has 1 heterocycles. The molecule has 2 rings (SSSR count). The van der Waals surface area contributed by atoms with Crippen molar-refractivity contribution in [3.05, 3.63) is 28.8 Å². The molecule has 0 N–H and O–H groups in total. The van der Waals surface area contributed by atoms with Crippen LogP contribution in [0.15, 0.2) is 28.5 Å². The van der Waals surface area contributed by atoms with Gasteiger partial charge in [0.25, 0.3) is 0 Å². The SMILES string of the molecule is Clc1ccc2c(c1)CN(Cl)N=N2. The molecule has 0 saturated carbocycles. The van der Waals surface area contributed by atoms with E-state index in [1.807, 2.05) is 12.1 Å². The predicted octanol–water partition coefficient (Wildman–Crippen LogP) is 3.31. The fourth-order valence-corrected chi connectivity index (χ4v) is 1.40. The highest BCUT2D eigenvalue weighted by molar-refractivity contribution is 6.30. The molecule has 0 bridgehead atoms. The molecule has 1 aliphatic heterocycles. The molecule has 0 aliphatic carbocycles. The molecule has 3 nitrogen and oxygen atoms in total. The normalized spacial score (nSPS) is 14.7. The summed E-state index contributed by atoms with van der Waals surface area (Å²) in [6.45, 7) is 0.543. The van der Waals surface area contributed by atoms with Crippen LogP contribution in [0.25, 0.3) is 0 Å². The quantitative estimate of drug-likeness (QED) is 0.593. The maximum absolute atomic E-state index is 5.79. The zero-order valence-corrected chi connectivity index (χ0v) is 7.55. The van der Waals surface area contributed by atoms with Crippen molar-refractivity contribution in [3.63, 3.8) is 0 Å². The lowest BCUT2D eigenvalue weighted by Gasteiger charge is -2.14. The molecule has 0 atom stereocenters. The van der Waals surface area contributed by atoms with Gasteiger partial charge < -0.3 is 0 Å². The van der Waals surface area contributed by atoms with E-state index >= 15 is 0 Å². The minimum Gasteiger partial charge on any atom is -0.182 e. The van der Waals surface area contributed by atoms with Gasteiger partial charge in [0.1, 0.15) is 0 Å². The topological polar surface area (TPSA) is 28.0 Å². The Morgan fingerprint density at radius 3 is 3.08 bits per heavy atom. The second kappa shape index (κ2) is 2.92. The molecule has 0 fully saturated rings. The number of hydrogen-bond acceptors (Lipinski definition) is 3. The summed E-state index contributed by atoms with van der Waals surface area (Å²) in [5.74, 6) is 0. The van der Waals surface area contributed by atoms with E-state index in [1.54, 1.807) is 6.07 Å². The van der Waals surface area contributed by atoms with E-state index in [-0.39, 0.29) is 0 Å². The van der Waals surface area contributed by atoms with Crippen LogP contribution in [0.1, 0.15) is 5.56 Å². The van der Waals surface area contributed by atoms with Crippen LogP contribution in [0.5, 0.6) is 0 Å². The molecule has 0 aromatic heterocycles. The number of halogens is 2. The molecule has 62 valence electrons. The van der Waals surface area contributed by atoms with Gasteiger partial charge in [0.05, 0.1) is 12.2 Å². The first kappa shape index (κ1) is 7.83. The Balaban J connectivity index is 2.47. The first-order valence-electron chi connectivity index (χ1n) is 3.39. The minimum absolute atomic E-state index is 0.543. The van der Waals surface area contributed by atoms with Crippen molar-refractivity contribution in [2.75, 3.05) is 0 Å². The van der Waals surface area contributed by atoms with Crippen molar-refractivity contribution in [1.82, 2.24) is 4.53 Å². The van der Waals surface area contributed by atoms with E-state index in [2.05, 4.69) is 10.3 Å². The molecule has 1 aromatic rings. The molecule has 12 heavy (non-hydrogen) atoms. The second-order valence-corrected chi connectivity index (χ2v) is 3.28. The van der Waals surface area contributed by atoms with Gasteiger partial charge in [-0.3, -0.25) is 0 Å². The van der Waals surface area contributed by atoms with E-state index in [0.29, 0.717) is 11.6 Å². The van der Waals surface area contributed by atoms with Crippen molar-refractivity contribution in [1.29, 1.82) is 0 Å². The zero-order valence-electron chi connectivity index (χ0n) is 6.04. The van der Waals surface area contributed by atoms with Gasteiger partial charge in [-0.15, -0.1) is 5.11 Å². The van der Waals surface area contributed by atoms with Crippen molar-refractivity contribution in [2.24, 2.45) is 10.3 Å². The average molecular weight is 202 g/mol. The Hall–Kier alpha value is -0.800. The smallest absolute Gasteiger partial charge is 0.0926 e. The van der Waals surface area contributed by atoms with Crippen molar-refractivity contribution in [2.45, 2.75) is 6.54 Å². The van der Waals surface area contributed by atoms with E-state index in [0.717, 1.165) is 11.3 Å². The molecule has 0 spiro atoms. The van der Waals surface area contributed by atoms with Crippen molar-refractivity contribution < 1.29 is 0 Å². The Bertz CT molecular complexity index is 337. The van der Waals surface area contributed by atoms with E-state index in [9.17, 15) is 0 Å². The highest BCUT2D eigenvalue weighted by Crippen LogP contribution is 2.29.